The van der Waals surface area contributed by atoms with Crippen molar-refractivity contribution in [3.8, 4) is 0 Å². The van der Waals surface area contributed by atoms with Gasteiger partial charge in [0.2, 0.25) is 5.91 Å². The first kappa shape index (κ1) is 15.0. The molecular weight excluding hydrogens is 274 g/mol. The van der Waals surface area contributed by atoms with E-state index in [4.69, 9.17) is 11.6 Å². The summed E-state index contributed by atoms with van der Waals surface area (Å²) in [6.07, 6.45) is 0.139. The van der Waals surface area contributed by atoms with E-state index in [-0.39, 0.29) is 16.7 Å². The number of nitrogens with one attached hydrogen (secondary N) is 1. The van der Waals surface area contributed by atoms with Crippen molar-refractivity contribution in [2.45, 2.75) is 32.1 Å². The Labute approximate surface area is 112 Å². The van der Waals surface area contributed by atoms with Crippen molar-refractivity contribution in [3.63, 3.8) is 0 Å². The van der Waals surface area contributed by atoms with Crippen molar-refractivity contribution in [1.29, 1.82) is 0 Å². The lowest BCUT2D eigenvalue weighted by Gasteiger charge is -2.17. The smallest absolute Gasteiger partial charge is 0.264 e. The third-order valence-electron chi connectivity index (χ3n) is 2.06. The molecule has 0 aliphatic heterocycles. The Kier molecular flexibility index (Phi) is 4.40. The topological polar surface area (TPSA) is 63.2 Å². The normalized spacial score (nSPS) is 12.2. The summed E-state index contributed by atoms with van der Waals surface area (Å²) in [5, 5.41) is 0.440. The summed E-state index contributed by atoms with van der Waals surface area (Å²) < 4.78 is 25.8. The van der Waals surface area contributed by atoms with Crippen LogP contribution in [0.15, 0.2) is 29.2 Å². The fraction of sp³-hybridized carbons (Fsp3) is 0.417. The van der Waals surface area contributed by atoms with Gasteiger partial charge in [-0.1, -0.05) is 32.4 Å². The van der Waals surface area contributed by atoms with Gasteiger partial charge in [-0.3, -0.25) is 4.79 Å². The summed E-state index contributed by atoms with van der Waals surface area (Å²) in [6.45, 7) is 5.59. The second-order valence-corrected chi connectivity index (χ2v) is 7.34. The molecule has 0 aliphatic rings. The van der Waals surface area contributed by atoms with Gasteiger partial charge in [0.15, 0.2) is 0 Å². The lowest BCUT2D eigenvalue weighted by Crippen LogP contribution is -2.33. The van der Waals surface area contributed by atoms with E-state index in [0.29, 0.717) is 5.02 Å². The highest BCUT2D eigenvalue weighted by Crippen LogP contribution is 2.19. The van der Waals surface area contributed by atoms with E-state index in [2.05, 4.69) is 0 Å². The van der Waals surface area contributed by atoms with Gasteiger partial charge in [-0.2, -0.15) is 0 Å². The van der Waals surface area contributed by atoms with Crippen molar-refractivity contribution in [3.05, 3.63) is 29.3 Å². The Balaban J connectivity index is 2.83. The Hall–Kier alpha value is -1.07. The molecule has 100 valence electrons. The lowest BCUT2D eigenvalue weighted by molar-refractivity contribution is -0.121. The van der Waals surface area contributed by atoms with E-state index in [1.165, 1.54) is 24.3 Å². The van der Waals surface area contributed by atoms with Crippen LogP contribution in [-0.4, -0.2) is 14.3 Å². The Morgan fingerprint density at radius 3 is 2.17 bits per heavy atom. The maximum absolute atomic E-state index is 11.9. The zero-order valence-electron chi connectivity index (χ0n) is 10.5. The van der Waals surface area contributed by atoms with Crippen molar-refractivity contribution in [1.82, 2.24) is 4.72 Å². The molecule has 0 radical (unpaired) electrons. The molecule has 0 spiro atoms. The van der Waals surface area contributed by atoms with Crippen LogP contribution in [0.3, 0.4) is 0 Å². The molecule has 0 aromatic heterocycles. The van der Waals surface area contributed by atoms with Gasteiger partial charge in [-0.25, -0.2) is 13.1 Å². The average Bonchev–Trinajstić information content (AvgIpc) is 2.13. The first-order valence-corrected chi connectivity index (χ1v) is 7.27. The number of hydrogen-bond acceptors (Lipinski definition) is 3. The molecule has 0 fully saturated rings. The fourth-order valence-corrected chi connectivity index (χ4v) is 2.45. The summed E-state index contributed by atoms with van der Waals surface area (Å²) in [6, 6.07) is 5.64. The molecule has 1 aromatic carbocycles. The highest BCUT2D eigenvalue weighted by atomic mass is 35.5. The molecule has 0 heterocycles. The minimum absolute atomic E-state index is 0.0224. The van der Waals surface area contributed by atoms with Crippen molar-refractivity contribution in [2.24, 2.45) is 5.41 Å². The SMILES string of the molecule is CC(C)(C)CC(=O)NS(=O)(=O)c1ccc(Cl)cc1. The minimum atomic E-state index is -3.81. The molecule has 0 atom stereocenters. The molecule has 0 unspecified atom stereocenters. The molecule has 1 aromatic rings. The summed E-state index contributed by atoms with van der Waals surface area (Å²) in [7, 11) is -3.81. The van der Waals surface area contributed by atoms with Crippen LogP contribution in [0.4, 0.5) is 0 Å². The number of sulfonamides is 1. The molecular formula is C12H16ClNO3S. The number of carbonyl (C=O) groups is 1. The molecule has 0 saturated heterocycles. The molecule has 4 nitrogen and oxygen atoms in total. The average molecular weight is 290 g/mol. The number of carbonyl (C=O) groups excluding carboxylic acids is 1. The predicted octanol–water partition coefficient (Wildman–Crippen LogP) is 2.58. The highest BCUT2D eigenvalue weighted by molar-refractivity contribution is 7.90. The Morgan fingerprint density at radius 2 is 1.72 bits per heavy atom. The van der Waals surface area contributed by atoms with Crippen LogP contribution in [0.2, 0.25) is 5.02 Å². The van der Waals surface area contributed by atoms with E-state index < -0.39 is 15.9 Å². The third-order valence-corrected chi connectivity index (χ3v) is 3.70. The number of hydrogen-bond donors (Lipinski definition) is 1. The van der Waals surface area contributed by atoms with E-state index in [0.717, 1.165) is 0 Å². The summed E-state index contributed by atoms with van der Waals surface area (Å²) >= 11 is 5.67. The highest BCUT2D eigenvalue weighted by Gasteiger charge is 2.21. The van der Waals surface area contributed by atoms with Crippen LogP contribution in [-0.2, 0) is 14.8 Å². The van der Waals surface area contributed by atoms with Gasteiger partial charge in [0, 0.05) is 11.4 Å². The molecule has 18 heavy (non-hydrogen) atoms. The van der Waals surface area contributed by atoms with Gasteiger partial charge in [-0.05, 0) is 29.7 Å². The molecule has 6 heteroatoms. The van der Waals surface area contributed by atoms with E-state index in [1.54, 1.807) is 0 Å². The largest absolute Gasteiger partial charge is 0.274 e. The van der Waals surface area contributed by atoms with E-state index in [9.17, 15) is 13.2 Å². The predicted molar refractivity (Wildman–Crippen MR) is 70.9 cm³/mol. The van der Waals surface area contributed by atoms with Gasteiger partial charge >= 0.3 is 0 Å². The summed E-state index contributed by atoms with van der Waals surface area (Å²) in [5.41, 5.74) is -0.264. The van der Waals surface area contributed by atoms with Gasteiger partial charge in [0.05, 0.1) is 4.90 Å². The molecule has 1 N–H and O–H groups in total. The van der Waals surface area contributed by atoms with E-state index in [1.807, 2.05) is 25.5 Å². The summed E-state index contributed by atoms with van der Waals surface area (Å²) in [4.78, 5) is 11.6. The number of rotatable bonds is 3. The zero-order valence-corrected chi connectivity index (χ0v) is 12.1. The molecule has 1 rings (SSSR count). The fourth-order valence-electron chi connectivity index (χ4n) is 1.34. The molecule has 0 saturated carbocycles. The van der Waals surface area contributed by atoms with Crippen molar-refractivity contribution >= 4 is 27.5 Å². The molecule has 1 amide bonds. The van der Waals surface area contributed by atoms with Gasteiger partial charge in [0.1, 0.15) is 0 Å². The summed E-state index contributed by atoms with van der Waals surface area (Å²) in [5.74, 6) is -0.516. The second kappa shape index (κ2) is 5.28. The number of halogens is 1. The first-order valence-electron chi connectivity index (χ1n) is 5.41. The van der Waals surface area contributed by atoms with Crippen LogP contribution in [0.5, 0.6) is 0 Å². The lowest BCUT2D eigenvalue weighted by atomic mass is 9.92. The molecule has 0 aliphatic carbocycles. The standard InChI is InChI=1S/C12H16ClNO3S/c1-12(2,3)8-11(15)14-18(16,17)10-6-4-9(13)5-7-10/h4-7H,8H2,1-3H3,(H,14,15). The quantitative estimate of drug-likeness (QED) is 0.930. The van der Waals surface area contributed by atoms with Crippen molar-refractivity contribution < 1.29 is 13.2 Å². The maximum atomic E-state index is 11.9. The first-order chi connectivity index (χ1) is 8.10. The van der Waals surface area contributed by atoms with Gasteiger partial charge in [-0.15, -0.1) is 0 Å². The minimum Gasteiger partial charge on any atom is -0.274 e. The number of amides is 1. The van der Waals surface area contributed by atoms with Crippen molar-refractivity contribution in [2.75, 3.05) is 0 Å². The monoisotopic (exact) mass is 289 g/mol. The number of benzene rings is 1. The van der Waals surface area contributed by atoms with E-state index >= 15 is 0 Å². The van der Waals surface area contributed by atoms with Crippen LogP contribution in [0, 0.1) is 5.41 Å². The Bertz CT molecular complexity index is 529. The Morgan fingerprint density at radius 1 is 1.22 bits per heavy atom. The van der Waals surface area contributed by atoms with Crippen LogP contribution in [0.25, 0.3) is 0 Å². The van der Waals surface area contributed by atoms with Gasteiger partial charge < -0.3 is 0 Å². The van der Waals surface area contributed by atoms with Crippen LogP contribution in [0.1, 0.15) is 27.2 Å². The van der Waals surface area contributed by atoms with Crippen LogP contribution >= 0.6 is 11.6 Å². The second-order valence-electron chi connectivity index (χ2n) is 5.22. The maximum Gasteiger partial charge on any atom is 0.264 e. The zero-order chi connectivity index (χ0) is 14.0. The molecule has 0 bridgehead atoms. The van der Waals surface area contributed by atoms with Gasteiger partial charge in [0.25, 0.3) is 10.0 Å². The van der Waals surface area contributed by atoms with Crippen LogP contribution < -0.4 is 4.72 Å². The third kappa shape index (κ3) is 4.66.